The van der Waals surface area contributed by atoms with Gasteiger partial charge in [-0.3, -0.25) is 9.48 Å². The molecule has 2 aromatic heterocycles. The molecule has 0 saturated carbocycles. The van der Waals surface area contributed by atoms with Crippen molar-refractivity contribution in [1.82, 2.24) is 14.8 Å². The van der Waals surface area contributed by atoms with Gasteiger partial charge in [0.05, 0.1) is 11.3 Å². The number of carboxylic acid groups (broad SMARTS) is 1. The van der Waals surface area contributed by atoms with Crippen LogP contribution in [0.15, 0.2) is 24.4 Å². The van der Waals surface area contributed by atoms with Crippen LogP contribution in [-0.2, 0) is 7.05 Å². The highest BCUT2D eigenvalue weighted by Gasteiger charge is 2.11. The predicted octanol–water partition coefficient (Wildman–Crippen LogP) is 1.07. The molecule has 2 heterocycles. The van der Waals surface area contributed by atoms with E-state index in [0.717, 1.165) is 5.69 Å². The number of aromatic carboxylic acids is 1. The van der Waals surface area contributed by atoms with E-state index in [9.17, 15) is 9.59 Å². The summed E-state index contributed by atoms with van der Waals surface area (Å²) >= 11 is 0. The standard InChI is InChI=1S/C12H12N4O3/c1-7-5-10(16(2)15-7)14-11(17)8-3-4-9(12(18)19)13-6-8/h3-6H,1-2H3,(H,14,17)(H,18,19). The normalized spacial score (nSPS) is 10.2. The van der Waals surface area contributed by atoms with Crippen molar-refractivity contribution < 1.29 is 14.7 Å². The maximum absolute atomic E-state index is 11.9. The van der Waals surface area contributed by atoms with Gasteiger partial charge in [-0.1, -0.05) is 0 Å². The van der Waals surface area contributed by atoms with Gasteiger partial charge in [0.1, 0.15) is 11.5 Å². The lowest BCUT2D eigenvalue weighted by molar-refractivity contribution is 0.0690. The lowest BCUT2D eigenvalue weighted by atomic mass is 10.2. The van der Waals surface area contributed by atoms with E-state index < -0.39 is 5.97 Å². The lowest BCUT2D eigenvalue weighted by Gasteiger charge is -2.04. The van der Waals surface area contributed by atoms with E-state index in [0.29, 0.717) is 5.82 Å². The maximum Gasteiger partial charge on any atom is 0.354 e. The zero-order valence-corrected chi connectivity index (χ0v) is 10.4. The highest BCUT2D eigenvalue weighted by molar-refractivity contribution is 6.03. The Morgan fingerprint density at radius 2 is 2.11 bits per heavy atom. The summed E-state index contributed by atoms with van der Waals surface area (Å²) in [6, 6.07) is 4.43. The Bertz CT molecular complexity index is 631. The number of carboxylic acids is 1. The summed E-state index contributed by atoms with van der Waals surface area (Å²) in [6.07, 6.45) is 1.22. The Kier molecular flexibility index (Phi) is 3.28. The van der Waals surface area contributed by atoms with Crippen LogP contribution in [0, 0.1) is 6.92 Å². The average Bonchev–Trinajstić information content (AvgIpc) is 2.68. The Morgan fingerprint density at radius 1 is 1.37 bits per heavy atom. The number of rotatable bonds is 3. The minimum atomic E-state index is -1.13. The van der Waals surface area contributed by atoms with Crippen molar-refractivity contribution in [3.8, 4) is 0 Å². The molecule has 1 amide bonds. The molecule has 19 heavy (non-hydrogen) atoms. The molecule has 0 aliphatic heterocycles. The summed E-state index contributed by atoms with van der Waals surface area (Å²) in [7, 11) is 1.72. The fourth-order valence-electron chi connectivity index (χ4n) is 1.57. The molecule has 0 radical (unpaired) electrons. The summed E-state index contributed by atoms with van der Waals surface area (Å²) < 4.78 is 1.55. The lowest BCUT2D eigenvalue weighted by Crippen LogP contribution is -2.15. The van der Waals surface area contributed by atoms with Crippen LogP contribution in [-0.4, -0.2) is 31.7 Å². The SMILES string of the molecule is Cc1cc(NC(=O)c2ccc(C(=O)O)nc2)n(C)n1. The molecule has 98 valence electrons. The zero-order valence-electron chi connectivity index (χ0n) is 10.4. The van der Waals surface area contributed by atoms with Gasteiger partial charge in [-0.05, 0) is 19.1 Å². The van der Waals surface area contributed by atoms with Gasteiger partial charge in [-0.2, -0.15) is 5.10 Å². The number of hydrogen-bond acceptors (Lipinski definition) is 4. The second-order valence-corrected chi connectivity index (χ2v) is 3.99. The first-order valence-corrected chi connectivity index (χ1v) is 5.48. The zero-order chi connectivity index (χ0) is 14.0. The molecule has 2 aromatic rings. The smallest absolute Gasteiger partial charge is 0.354 e. The van der Waals surface area contributed by atoms with Crippen LogP contribution < -0.4 is 5.32 Å². The third kappa shape index (κ3) is 2.76. The number of carbonyl (C=O) groups is 2. The van der Waals surface area contributed by atoms with E-state index in [1.807, 2.05) is 6.92 Å². The summed E-state index contributed by atoms with van der Waals surface area (Å²) in [5.41, 5.74) is 0.967. The van der Waals surface area contributed by atoms with Crippen molar-refractivity contribution in [3.05, 3.63) is 41.3 Å². The number of amides is 1. The van der Waals surface area contributed by atoms with Crippen LogP contribution in [0.25, 0.3) is 0 Å². The Labute approximate surface area is 108 Å². The van der Waals surface area contributed by atoms with E-state index in [1.165, 1.54) is 18.3 Å². The van der Waals surface area contributed by atoms with Gasteiger partial charge in [0, 0.05) is 19.3 Å². The Balaban J connectivity index is 2.16. The van der Waals surface area contributed by atoms with Crippen molar-refractivity contribution >= 4 is 17.7 Å². The third-order valence-corrected chi connectivity index (χ3v) is 2.49. The molecule has 0 aromatic carbocycles. The molecule has 7 nitrogen and oxygen atoms in total. The van der Waals surface area contributed by atoms with Gasteiger partial charge in [-0.25, -0.2) is 9.78 Å². The first-order chi connectivity index (χ1) is 8.97. The maximum atomic E-state index is 11.9. The third-order valence-electron chi connectivity index (χ3n) is 2.49. The number of nitrogens with one attached hydrogen (secondary N) is 1. The summed E-state index contributed by atoms with van der Waals surface area (Å²) in [5.74, 6) is -0.938. The summed E-state index contributed by atoms with van der Waals surface area (Å²) in [4.78, 5) is 26.2. The number of aryl methyl sites for hydroxylation is 2. The quantitative estimate of drug-likeness (QED) is 0.860. The van der Waals surface area contributed by atoms with Crippen molar-refractivity contribution in [1.29, 1.82) is 0 Å². The van der Waals surface area contributed by atoms with Crippen LogP contribution >= 0.6 is 0 Å². The van der Waals surface area contributed by atoms with Gasteiger partial charge < -0.3 is 10.4 Å². The second-order valence-electron chi connectivity index (χ2n) is 3.99. The summed E-state index contributed by atoms with van der Waals surface area (Å²) in [5, 5.41) is 15.5. The van der Waals surface area contributed by atoms with E-state index in [1.54, 1.807) is 17.8 Å². The van der Waals surface area contributed by atoms with Crippen molar-refractivity contribution in [2.75, 3.05) is 5.32 Å². The van der Waals surface area contributed by atoms with Gasteiger partial charge >= 0.3 is 5.97 Å². The molecule has 0 bridgehead atoms. The van der Waals surface area contributed by atoms with Gasteiger partial charge in [0.15, 0.2) is 0 Å². The van der Waals surface area contributed by atoms with Crippen molar-refractivity contribution in [3.63, 3.8) is 0 Å². The molecule has 0 atom stereocenters. The molecule has 0 unspecified atom stereocenters. The molecular formula is C12H12N4O3. The van der Waals surface area contributed by atoms with E-state index in [4.69, 9.17) is 5.11 Å². The van der Waals surface area contributed by atoms with Crippen molar-refractivity contribution in [2.45, 2.75) is 6.92 Å². The topological polar surface area (TPSA) is 97.1 Å². The molecule has 0 aliphatic rings. The number of hydrogen-bond donors (Lipinski definition) is 2. The van der Waals surface area contributed by atoms with Crippen LogP contribution in [0.4, 0.5) is 5.82 Å². The number of nitrogens with zero attached hydrogens (tertiary/aromatic N) is 3. The minimum Gasteiger partial charge on any atom is -0.477 e. The fraction of sp³-hybridized carbons (Fsp3) is 0.167. The van der Waals surface area contributed by atoms with Crippen LogP contribution in [0.1, 0.15) is 26.5 Å². The molecule has 0 saturated heterocycles. The first kappa shape index (κ1) is 12.7. The van der Waals surface area contributed by atoms with Crippen LogP contribution in [0.2, 0.25) is 0 Å². The molecular weight excluding hydrogens is 248 g/mol. The average molecular weight is 260 g/mol. The Hall–Kier alpha value is -2.70. The van der Waals surface area contributed by atoms with E-state index in [2.05, 4.69) is 15.4 Å². The predicted molar refractivity (Wildman–Crippen MR) is 67.1 cm³/mol. The van der Waals surface area contributed by atoms with Crippen LogP contribution in [0.3, 0.4) is 0 Å². The van der Waals surface area contributed by atoms with Gasteiger partial charge in [-0.15, -0.1) is 0 Å². The van der Waals surface area contributed by atoms with E-state index >= 15 is 0 Å². The number of anilines is 1. The second kappa shape index (κ2) is 4.89. The molecule has 2 rings (SSSR count). The van der Waals surface area contributed by atoms with E-state index in [-0.39, 0.29) is 17.2 Å². The fourth-order valence-corrected chi connectivity index (χ4v) is 1.57. The minimum absolute atomic E-state index is 0.104. The number of pyridine rings is 1. The van der Waals surface area contributed by atoms with Crippen molar-refractivity contribution in [2.24, 2.45) is 7.05 Å². The molecule has 0 spiro atoms. The molecule has 0 aliphatic carbocycles. The summed E-state index contributed by atoms with van der Waals surface area (Å²) in [6.45, 7) is 1.82. The molecule has 2 N–H and O–H groups in total. The van der Waals surface area contributed by atoms with Gasteiger partial charge in [0.2, 0.25) is 0 Å². The Morgan fingerprint density at radius 3 is 2.58 bits per heavy atom. The van der Waals surface area contributed by atoms with Crippen LogP contribution in [0.5, 0.6) is 0 Å². The monoisotopic (exact) mass is 260 g/mol. The highest BCUT2D eigenvalue weighted by Crippen LogP contribution is 2.10. The highest BCUT2D eigenvalue weighted by atomic mass is 16.4. The number of aromatic nitrogens is 3. The largest absolute Gasteiger partial charge is 0.477 e. The first-order valence-electron chi connectivity index (χ1n) is 5.48. The molecule has 0 fully saturated rings. The molecule has 7 heteroatoms. The van der Waals surface area contributed by atoms with Gasteiger partial charge in [0.25, 0.3) is 5.91 Å². The number of carbonyl (C=O) groups excluding carboxylic acids is 1.